The molecule has 8 nitrogen and oxygen atoms in total. The lowest BCUT2D eigenvalue weighted by Gasteiger charge is -2.19. The third-order valence-electron chi connectivity index (χ3n) is 4.32. The summed E-state index contributed by atoms with van der Waals surface area (Å²) in [4.78, 5) is 24.4. The molecular formula is C19H27BN4O4. The maximum absolute atomic E-state index is 12.4. The van der Waals surface area contributed by atoms with E-state index < -0.39 is 13.1 Å². The van der Waals surface area contributed by atoms with Crippen LogP contribution in [-0.4, -0.2) is 51.2 Å². The van der Waals surface area contributed by atoms with E-state index in [9.17, 15) is 19.6 Å². The first-order chi connectivity index (χ1) is 13.3. The molecule has 1 heterocycles. The number of para-hydroxylation sites is 1. The molecule has 0 saturated carbocycles. The second-order valence-corrected chi connectivity index (χ2v) is 7.11. The molecule has 0 aliphatic carbocycles. The van der Waals surface area contributed by atoms with Crippen LogP contribution in [0.15, 0.2) is 36.5 Å². The lowest BCUT2D eigenvalue weighted by Crippen LogP contribution is -2.47. The number of hydrogen-bond donors (Lipinski definition) is 4. The molecule has 0 spiro atoms. The second kappa shape index (κ2) is 10.1. The monoisotopic (exact) mass is 386 g/mol. The molecule has 1 unspecified atom stereocenters. The molecular weight excluding hydrogens is 359 g/mol. The molecule has 2 aromatic rings. The summed E-state index contributed by atoms with van der Waals surface area (Å²) in [6, 6.07) is 9.49. The summed E-state index contributed by atoms with van der Waals surface area (Å²) in [6.07, 6.45) is 1.99. The Morgan fingerprint density at radius 3 is 2.50 bits per heavy atom. The van der Waals surface area contributed by atoms with Crippen molar-refractivity contribution in [2.45, 2.75) is 39.6 Å². The van der Waals surface area contributed by atoms with Gasteiger partial charge >= 0.3 is 7.12 Å². The van der Waals surface area contributed by atoms with E-state index in [1.54, 1.807) is 11.6 Å². The first kappa shape index (κ1) is 21.7. The lowest BCUT2D eigenvalue weighted by molar-refractivity contribution is -0.121. The predicted molar refractivity (Wildman–Crippen MR) is 107 cm³/mol. The molecule has 4 N–H and O–H groups in total. The lowest BCUT2D eigenvalue weighted by atomic mass is 9.75. The van der Waals surface area contributed by atoms with E-state index in [0.29, 0.717) is 17.7 Å². The van der Waals surface area contributed by atoms with Gasteiger partial charge in [0.25, 0.3) is 5.91 Å². The first-order valence-electron chi connectivity index (χ1n) is 9.33. The van der Waals surface area contributed by atoms with Crippen molar-refractivity contribution in [2.24, 2.45) is 5.92 Å². The highest BCUT2D eigenvalue weighted by molar-refractivity contribution is 6.43. The van der Waals surface area contributed by atoms with Crippen LogP contribution >= 0.6 is 0 Å². The molecule has 2 amide bonds. The molecule has 0 radical (unpaired) electrons. The summed E-state index contributed by atoms with van der Waals surface area (Å²) in [7, 11) is -1.62. The summed E-state index contributed by atoms with van der Waals surface area (Å²) in [5.41, 5.74) is 2.00. The van der Waals surface area contributed by atoms with E-state index in [4.69, 9.17) is 0 Å². The molecule has 0 bridgehead atoms. The Morgan fingerprint density at radius 2 is 1.89 bits per heavy atom. The zero-order valence-electron chi connectivity index (χ0n) is 16.4. The Bertz CT molecular complexity index is 792. The van der Waals surface area contributed by atoms with Gasteiger partial charge in [-0.3, -0.25) is 9.59 Å². The Kier molecular flexibility index (Phi) is 7.77. The van der Waals surface area contributed by atoms with Crippen LogP contribution in [-0.2, 0) is 4.79 Å². The summed E-state index contributed by atoms with van der Waals surface area (Å²) in [6.45, 7) is 5.80. The molecule has 0 saturated heterocycles. The number of aromatic nitrogens is 2. The predicted octanol–water partition coefficient (Wildman–Crippen LogP) is 0.844. The number of nitrogens with one attached hydrogen (secondary N) is 2. The van der Waals surface area contributed by atoms with E-state index in [1.807, 2.05) is 44.2 Å². The SMILES string of the molecule is Cc1c(C(=O)NCCC(=O)NC(CC(C)C)B(O)O)cnn1-c1ccccc1. The molecule has 28 heavy (non-hydrogen) atoms. The van der Waals surface area contributed by atoms with Crippen LogP contribution in [0.1, 0.15) is 42.7 Å². The minimum atomic E-state index is -1.62. The summed E-state index contributed by atoms with van der Waals surface area (Å²) in [5.74, 6) is -1.19. The minimum Gasteiger partial charge on any atom is -0.426 e. The van der Waals surface area contributed by atoms with Crippen LogP contribution in [0.5, 0.6) is 0 Å². The van der Waals surface area contributed by atoms with Crippen molar-refractivity contribution in [3.63, 3.8) is 0 Å². The van der Waals surface area contributed by atoms with E-state index in [-0.39, 0.29) is 30.7 Å². The maximum atomic E-state index is 12.4. The smallest absolute Gasteiger partial charge is 0.426 e. The van der Waals surface area contributed by atoms with Crippen molar-refractivity contribution in [3.05, 3.63) is 47.8 Å². The molecule has 0 aliphatic rings. The van der Waals surface area contributed by atoms with E-state index in [1.165, 1.54) is 6.20 Å². The van der Waals surface area contributed by atoms with Crippen LogP contribution in [0.4, 0.5) is 0 Å². The number of carbonyl (C=O) groups is 2. The number of amides is 2. The summed E-state index contributed by atoms with van der Waals surface area (Å²) in [5, 5.41) is 28.3. The van der Waals surface area contributed by atoms with E-state index in [0.717, 1.165) is 5.69 Å². The van der Waals surface area contributed by atoms with Gasteiger partial charge in [-0.05, 0) is 31.4 Å². The Balaban J connectivity index is 1.87. The fourth-order valence-electron chi connectivity index (χ4n) is 2.89. The van der Waals surface area contributed by atoms with Crippen molar-refractivity contribution in [3.8, 4) is 5.69 Å². The van der Waals surface area contributed by atoms with Gasteiger partial charge in [-0.15, -0.1) is 0 Å². The highest BCUT2D eigenvalue weighted by atomic mass is 16.4. The topological polar surface area (TPSA) is 116 Å². The van der Waals surface area contributed by atoms with Gasteiger partial charge < -0.3 is 20.7 Å². The maximum Gasteiger partial charge on any atom is 0.475 e. The fourth-order valence-corrected chi connectivity index (χ4v) is 2.89. The quantitative estimate of drug-likeness (QED) is 0.477. The zero-order chi connectivity index (χ0) is 20.7. The summed E-state index contributed by atoms with van der Waals surface area (Å²) < 4.78 is 1.68. The molecule has 1 atom stereocenters. The number of carbonyl (C=O) groups excluding carboxylic acids is 2. The van der Waals surface area contributed by atoms with Gasteiger partial charge in [-0.25, -0.2) is 4.68 Å². The van der Waals surface area contributed by atoms with Crippen molar-refractivity contribution in [2.75, 3.05) is 6.54 Å². The number of hydrogen-bond acceptors (Lipinski definition) is 5. The highest BCUT2D eigenvalue weighted by Crippen LogP contribution is 2.13. The zero-order valence-corrected chi connectivity index (χ0v) is 16.4. The second-order valence-electron chi connectivity index (χ2n) is 7.11. The largest absolute Gasteiger partial charge is 0.475 e. The minimum absolute atomic E-state index is 0.0406. The van der Waals surface area contributed by atoms with Crippen molar-refractivity contribution >= 4 is 18.9 Å². The van der Waals surface area contributed by atoms with Crippen molar-refractivity contribution in [1.29, 1.82) is 0 Å². The van der Waals surface area contributed by atoms with Crippen LogP contribution in [0, 0.1) is 12.8 Å². The third-order valence-corrected chi connectivity index (χ3v) is 4.32. The van der Waals surface area contributed by atoms with Gasteiger partial charge in [0.1, 0.15) is 0 Å². The first-order valence-corrected chi connectivity index (χ1v) is 9.33. The Morgan fingerprint density at radius 1 is 1.21 bits per heavy atom. The standard InChI is InChI=1S/C19H27BN4O4/c1-13(2)11-17(20(27)28)23-18(25)9-10-21-19(26)16-12-22-24(14(16)3)15-7-5-4-6-8-15/h4-8,12-13,17,27-28H,9-11H2,1-3H3,(H,21,26)(H,23,25). The van der Waals surface area contributed by atoms with Crippen molar-refractivity contribution < 1.29 is 19.6 Å². The molecule has 0 fully saturated rings. The molecule has 1 aromatic carbocycles. The van der Waals surface area contributed by atoms with Gasteiger partial charge in [-0.2, -0.15) is 5.10 Å². The van der Waals surface area contributed by atoms with Gasteiger partial charge in [0.15, 0.2) is 0 Å². The molecule has 0 aliphatic heterocycles. The molecule has 2 rings (SSSR count). The van der Waals surface area contributed by atoms with Gasteiger partial charge in [0.05, 0.1) is 29.1 Å². The van der Waals surface area contributed by atoms with Gasteiger partial charge in [-0.1, -0.05) is 32.0 Å². The van der Waals surface area contributed by atoms with Crippen molar-refractivity contribution in [1.82, 2.24) is 20.4 Å². The Labute approximate surface area is 165 Å². The van der Waals surface area contributed by atoms with Crippen LogP contribution in [0.25, 0.3) is 5.69 Å². The molecule has 1 aromatic heterocycles. The normalized spacial score (nSPS) is 11.9. The van der Waals surface area contributed by atoms with E-state index >= 15 is 0 Å². The number of benzene rings is 1. The summed E-state index contributed by atoms with van der Waals surface area (Å²) >= 11 is 0. The highest BCUT2D eigenvalue weighted by Gasteiger charge is 2.26. The van der Waals surface area contributed by atoms with Gasteiger partial charge in [0.2, 0.25) is 5.91 Å². The average Bonchev–Trinajstić information content (AvgIpc) is 3.03. The number of nitrogens with zero attached hydrogens (tertiary/aromatic N) is 2. The fraction of sp³-hybridized carbons (Fsp3) is 0.421. The average molecular weight is 386 g/mol. The van der Waals surface area contributed by atoms with E-state index in [2.05, 4.69) is 15.7 Å². The molecule has 9 heteroatoms. The third kappa shape index (κ3) is 5.93. The molecule has 150 valence electrons. The van der Waals surface area contributed by atoms with Gasteiger partial charge in [0, 0.05) is 13.0 Å². The van der Waals surface area contributed by atoms with Crippen LogP contribution in [0.3, 0.4) is 0 Å². The van der Waals surface area contributed by atoms with Crippen LogP contribution < -0.4 is 10.6 Å². The van der Waals surface area contributed by atoms with Crippen LogP contribution in [0.2, 0.25) is 0 Å². The Hall–Kier alpha value is -2.65. The number of rotatable bonds is 9.